The second kappa shape index (κ2) is 11.2. The first-order chi connectivity index (χ1) is 18.1. The summed E-state index contributed by atoms with van der Waals surface area (Å²) in [5.74, 6) is 0.0529. The summed E-state index contributed by atoms with van der Waals surface area (Å²) in [6, 6.07) is 15.4. The summed E-state index contributed by atoms with van der Waals surface area (Å²) in [4.78, 5) is 36.1. The lowest BCUT2D eigenvalue weighted by atomic mass is 9.80. The Kier molecular flexibility index (Phi) is 8.04. The zero-order valence-electron chi connectivity index (χ0n) is 22.0. The van der Waals surface area contributed by atoms with Gasteiger partial charge in [-0.05, 0) is 62.4 Å². The highest BCUT2D eigenvalue weighted by Gasteiger charge is 2.48. The first-order valence-corrected chi connectivity index (χ1v) is 13.3. The van der Waals surface area contributed by atoms with Crippen LogP contribution in [0.15, 0.2) is 59.0 Å². The van der Waals surface area contributed by atoms with Crippen LogP contribution in [-0.4, -0.2) is 42.7 Å². The minimum absolute atomic E-state index is 0.0117. The van der Waals surface area contributed by atoms with Crippen LogP contribution >= 0.6 is 11.3 Å². The number of nitrogens with zero attached hydrogens (tertiary/aromatic N) is 5. The number of thiazole rings is 1. The molecule has 3 aromatic rings. The molecule has 10 heteroatoms. The maximum atomic E-state index is 14.1. The van der Waals surface area contributed by atoms with E-state index in [0.29, 0.717) is 29.4 Å². The predicted octanol–water partition coefficient (Wildman–Crippen LogP) is 5.98. The molecular weight excluding hydrogens is 502 g/mol. The van der Waals surface area contributed by atoms with E-state index in [1.165, 1.54) is 11.3 Å². The topological polar surface area (TPSA) is 117 Å². The molecule has 0 N–H and O–H groups in total. The monoisotopic (exact) mass is 533 g/mol. The number of azide groups is 1. The van der Waals surface area contributed by atoms with Crippen LogP contribution in [0.25, 0.3) is 21.7 Å². The summed E-state index contributed by atoms with van der Waals surface area (Å²) >= 11 is 1.35. The number of anilines is 1. The molecule has 9 nitrogen and oxygen atoms in total. The van der Waals surface area contributed by atoms with E-state index < -0.39 is 17.0 Å². The highest BCUT2D eigenvalue weighted by Crippen LogP contribution is 2.43. The van der Waals surface area contributed by atoms with Crippen LogP contribution in [0.5, 0.6) is 5.75 Å². The second-order valence-corrected chi connectivity index (χ2v) is 11.2. The van der Waals surface area contributed by atoms with Gasteiger partial charge in [0.15, 0.2) is 5.13 Å². The number of para-hydroxylation sites is 1. The van der Waals surface area contributed by atoms with Gasteiger partial charge < -0.3 is 9.47 Å². The number of fused-ring (bicyclic) bond motifs is 1. The second-order valence-electron chi connectivity index (χ2n) is 10.3. The Labute approximate surface area is 226 Å². The van der Waals surface area contributed by atoms with Crippen LogP contribution in [0.4, 0.5) is 5.13 Å². The van der Waals surface area contributed by atoms with E-state index in [2.05, 4.69) is 10.0 Å². The quantitative estimate of drug-likeness (QED) is 0.110. The Balaban J connectivity index is 1.59. The van der Waals surface area contributed by atoms with Crippen molar-refractivity contribution in [3.63, 3.8) is 0 Å². The fourth-order valence-electron chi connectivity index (χ4n) is 4.73. The minimum atomic E-state index is -0.950. The molecule has 1 aromatic heterocycles. The highest BCUT2D eigenvalue weighted by molar-refractivity contribution is 7.14. The van der Waals surface area contributed by atoms with Crippen molar-refractivity contribution in [3.8, 4) is 17.0 Å². The summed E-state index contributed by atoms with van der Waals surface area (Å²) in [5.41, 5.74) is 10.5. The van der Waals surface area contributed by atoms with Crippen LogP contribution in [0.2, 0.25) is 0 Å². The highest BCUT2D eigenvalue weighted by atomic mass is 32.1. The van der Waals surface area contributed by atoms with E-state index in [-0.39, 0.29) is 25.5 Å². The molecule has 0 saturated carbocycles. The number of benzene rings is 2. The van der Waals surface area contributed by atoms with Crippen molar-refractivity contribution in [2.24, 2.45) is 10.5 Å². The van der Waals surface area contributed by atoms with Crippen LogP contribution in [0.1, 0.15) is 38.3 Å². The van der Waals surface area contributed by atoms with E-state index in [9.17, 15) is 9.59 Å². The smallest absolute Gasteiger partial charge is 0.307 e. The van der Waals surface area contributed by atoms with Crippen molar-refractivity contribution < 1.29 is 19.1 Å². The summed E-state index contributed by atoms with van der Waals surface area (Å²) in [7, 11) is 1.70. The molecular formula is C28H31N5O4S. The summed E-state index contributed by atoms with van der Waals surface area (Å²) < 4.78 is 11.4. The van der Waals surface area contributed by atoms with E-state index in [4.69, 9.17) is 20.0 Å². The molecule has 2 aromatic carbocycles. The maximum Gasteiger partial charge on any atom is 0.307 e. The Hall–Kier alpha value is -3.88. The number of esters is 1. The normalized spacial score (nSPS) is 13.8. The van der Waals surface area contributed by atoms with E-state index in [0.717, 1.165) is 16.7 Å². The van der Waals surface area contributed by atoms with Gasteiger partial charge in [-0.3, -0.25) is 14.5 Å². The standard InChI is InChI=1S/C28H31N5O4S/c1-27(2,3)37-24(34)17-28(15-19-9-5-6-10-20(19)16-28)25(35)33(4)26-31-22(18-38-26)21-11-7-8-12-23(21)36-14-13-30-32-29/h5-12,18H,13-17H2,1-4H3. The van der Waals surface area contributed by atoms with Gasteiger partial charge in [0.1, 0.15) is 11.4 Å². The maximum absolute atomic E-state index is 14.1. The SMILES string of the molecule is CN(C(=O)C1(CC(=O)OC(C)(C)C)Cc2ccccc2C1)c1nc(-c2ccccc2OCCN=[N+]=[N-])cs1. The van der Waals surface area contributed by atoms with Gasteiger partial charge in [-0.15, -0.1) is 11.3 Å². The van der Waals surface area contributed by atoms with Gasteiger partial charge in [0.2, 0.25) is 5.91 Å². The number of amides is 1. The Bertz CT molecular complexity index is 1350. The fraction of sp³-hybridized carbons (Fsp3) is 0.393. The lowest BCUT2D eigenvalue weighted by Gasteiger charge is -2.31. The number of carbonyl (C=O) groups excluding carboxylic acids is 2. The van der Waals surface area contributed by atoms with Crippen LogP contribution in [-0.2, 0) is 27.2 Å². The van der Waals surface area contributed by atoms with Crippen molar-refractivity contribution in [1.82, 2.24) is 4.98 Å². The van der Waals surface area contributed by atoms with Crippen LogP contribution in [0.3, 0.4) is 0 Å². The molecule has 1 aliphatic rings. The minimum Gasteiger partial charge on any atom is -0.493 e. The van der Waals surface area contributed by atoms with Gasteiger partial charge >= 0.3 is 5.97 Å². The van der Waals surface area contributed by atoms with Gasteiger partial charge in [0.25, 0.3) is 0 Å². The average molecular weight is 534 g/mol. The number of rotatable bonds is 9. The molecule has 38 heavy (non-hydrogen) atoms. The number of ether oxygens (including phenoxy) is 2. The Morgan fingerprint density at radius 1 is 1.13 bits per heavy atom. The molecule has 0 fully saturated rings. The Morgan fingerprint density at radius 2 is 1.79 bits per heavy atom. The van der Waals surface area contributed by atoms with E-state index in [1.54, 1.807) is 11.9 Å². The fourth-order valence-corrected chi connectivity index (χ4v) is 5.52. The summed E-state index contributed by atoms with van der Waals surface area (Å²) in [6.07, 6.45) is 0.916. The molecule has 1 aliphatic carbocycles. The lowest BCUT2D eigenvalue weighted by Crippen LogP contribution is -2.45. The molecule has 0 saturated heterocycles. The predicted molar refractivity (Wildman–Crippen MR) is 147 cm³/mol. The third-order valence-corrected chi connectivity index (χ3v) is 7.21. The van der Waals surface area contributed by atoms with Crippen LogP contribution < -0.4 is 9.64 Å². The van der Waals surface area contributed by atoms with Gasteiger partial charge in [-0.25, -0.2) is 4.98 Å². The van der Waals surface area contributed by atoms with E-state index in [1.807, 2.05) is 74.7 Å². The van der Waals surface area contributed by atoms with Gasteiger partial charge in [-0.1, -0.05) is 41.5 Å². The third kappa shape index (κ3) is 6.15. The summed E-state index contributed by atoms with van der Waals surface area (Å²) in [5, 5.41) is 5.90. The number of carbonyl (C=O) groups is 2. The average Bonchev–Trinajstić information content (AvgIpc) is 3.50. The molecule has 0 atom stereocenters. The molecule has 4 rings (SSSR count). The lowest BCUT2D eigenvalue weighted by molar-refractivity contribution is -0.159. The van der Waals surface area contributed by atoms with Crippen molar-refractivity contribution in [1.29, 1.82) is 0 Å². The van der Waals surface area contributed by atoms with E-state index >= 15 is 0 Å². The van der Waals surface area contributed by atoms with Crippen LogP contribution in [0, 0.1) is 5.41 Å². The van der Waals surface area contributed by atoms with Crippen molar-refractivity contribution in [3.05, 3.63) is 75.5 Å². The molecule has 0 radical (unpaired) electrons. The largest absolute Gasteiger partial charge is 0.493 e. The Morgan fingerprint density at radius 3 is 2.45 bits per heavy atom. The molecule has 1 amide bonds. The molecule has 0 unspecified atom stereocenters. The first-order valence-electron chi connectivity index (χ1n) is 12.4. The molecule has 1 heterocycles. The zero-order chi connectivity index (χ0) is 27.3. The molecule has 0 aliphatic heterocycles. The van der Waals surface area contributed by atoms with Gasteiger partial charge in [-0.2, -0.15) is 0 Å². The van der Waals surface area contributed by atoms with Gasteiger partial charge in [0.05, 0.1) is 30.7 Å². The van der Waals surface area contributed by atoms with Gasteiger partial charge in [0, 0.05) is 22.9 Å². The third-order valence-electron chi connectivity index (χ3n) is 6.29. The van der Waals surface area contributed by atoms with Crippen molar-refractivity contribution >= 4 is 28.3 Å². The van der Waals surface area contributed by atoms with Crippen molar-refractivity contribution in [2.45, 2.75) is 45.6 Å². The number of hydrogen-bond donors (Lipinski definition) is 0. The molecule has 0 spiro atoms. The summed E-state index contributed by atoms with van der Waals surface area (Å²) in [6.45, 7) is 5.93. The molecule has 0 bridgehead atoms. The number of aromatic nitrogens is 1. The van der Waals surface area contributed by atoms with Crippen molar-refractivity contribution in [2.75, 3.05) is 25.1 Å². The zero-order valence-corrected chi connectivity index (χ0v) is 22.8. The number of hydrogen-bond acceptors (Lipinski definition) is 7. The first kappa shape index (κ1) is 27.2. The molecule has 198 valence electrons.